The van der Waals surface area contributed by atoms with E-state index >= 15 is 0 Å². The Hall–Kier alpha value is -4.06. The minimum atomic E-state index is 0.162. The maximum absolute atomic E-state index is 5.20. The fourth-order valence-corrected chi connectivity index (χ4v) is 7.29. The third-order valence-electron chi connectivity index (χ3n) is 9.15. The van der Waals surface area contributed by atoms with Crippen LogP contribution in [-0.4, -0.2) is 19.9 Å². The summed E-state index contributed by atoms with van der Waals surface area (Å²) in [6, 6.07) is 4.93. The van der Waals surface area contributed by atoms with Crippen molar-refractivity contribution in [3.63, 3.8) is 0 Å². The molecule has 6 heterocycles. The Kier molecular flexibility index (Phi) is 3.02. The zero-order chi connectivity index (χ0) is 24.4. The normalized spacial score (nSPS) is 18.7. The molecule has 0 saturated heterocycles. The van der Waals surface area contributed by atoms with Gasteiger partial charge in [0.15, 0.2) is 11.3 Å². The molecule has 36 heavy (non-hydrogen) atoms. The standard InChI is InChI=1S/C30H24N6/c1-9-11(3)31-27-23-17(9)18-10(2)12(4)32-28-24(18)22-21(23)25-19-15(13(5)33-29(25)35-27)7-8-16-14(6)34-30(36-28)26(22)20(16)19/h7-8,13-14H,1-6H3,(H,31,33,35)(H,32,34,36). The van der Waals surface area contributed by atoms with Gasteiger partial charge in [-0.1, -0.05) is 12.1 Å². The van der Waals surface area contributed by atoms with E-state index in [1.165, 1.54) is 76.1 Å². The molecule has 9 rings (SSSR count). The number of aromatic nitrogens is 4. The van der Waals surface area contributed by atoms with Crippen LogP contribution in [0.3, 0.4) is 0 Å². The summed E-state index contributed by atoms with van der Waals surface area (Å²) in [4.78, 5) is 20.5. The van der Waals surface area contributed by atoms with Crippen molar-refractivity contribution in [3.05, 3.63) is 45.8 Å². The molecular formula is C30H24N6. The van der Waals surface area contributed by atoms with Crippen LogP contribution in [0.25, 0.3) is 65.2 Å². The van der Waals surface area contributed by atoms with E-state index in [4.69, 9.17) is 19.9 Å². The molecular weight excluding hydrogens is 444 g/mol. The lowest BCUT2D eigenvalue weighted by atomic mass is 9.79. The molecule has 0 aliphatic carbocycles. The number of pyridine rings is 4. The van der Waals surface area contributed by atoms with Gasteiger partial charge in [-0.3, -0.25) is 0 Å². The van der Waals surface area contributed by atoms with E-state index in [1.807, 2.05) is 0 Å². The van der Waals surface area contributed by atoms with Crippen molar-refractivity contribution in [1.29, 1.82) is 0 Å². The lowest BCUT2D eigenvalue weighted by molar-refractivity contribution is 0.864. The average Bonchev–Trinajstić information content (AvgIpc) is 2.85. The molecule has 2 N–H and O–H groups in total. The van der Waals surface area contributed by atoms with Crippen LogP contribution in [0.1, 0.15) is 59.6 Å². The molecule has 3 aromatic carbocycles. The predicted molar refractivity (Wildman–Crippen MR) is 148 cm³/mol. The number of hydrogen-bond donors (Lipinski definition) is 2. The Morgan fingerprint density at radius 1 is 0.500 bits per heavy atom. The first-order valence-electron chi connectivity index (χ1n) is 12.8. The highest BCUT2D eigenvalue weighted by Crippen LogP contribution is 2.56. The van der Waals surface area contributed by atoms with E-state index in [1.54, 1.807) is 0 Å². The number of hydrogen-bond acceptors (Lipinski definition) is 6. The number of nitrogens with zero attached hydrogens (tertiary/aromatic N) is 4. The number of benzene rings is 3. The molecule has 2 aliphatic rings. The molecule has 2 atom stereocenters. The van der Waals surface area contributed by atoms with E-state index in [9.17, 15) is 0 Å². The van der Waals surface area contributed by atoms with E-state index in [0.717, 1.165) is 34.3 Å². The van der Waals surface area contributed by atoms with E-state index in [0.29, 0.717) is 0 Å². The number of aryl methyl sites for hydroxylation is 4. The van der Waals surface area contributed by atoms with Gasteiger partial charge in [0.1, 0.15) is 11.6 Å². The quantitative estimate of drug-likeness (QED) is 0.180. The lowest BCUT2D eigenvalue weighted by Crippen LogP contribution is -2.19. The minimum Gasteiger partial charge on any atom is -0.363 e. The topological polar surface area (TPSA) is 75.6 Å². The van der Waals surface area contributed by atoms with Crippen LogP contribution in [0.5, 0.6) is 0 Å². The van der Waals surface area contributed by atoms with Gasteiger partial charge in [0.25, 0.3) is 0 Å². The van der Waals surface area contributed by atoms with Crippen LogP contribution < -0.4 is 10.6 Å². The Morgan fingerprint density at radius 3 is 1.33 bits per heavy atom. The smallest absolute Gasteiger partial charge is 0.163 e. The van der Waals surface area contributed by atoms with Crippen molar-refractivity contribution < 1.29 is 0 Å². The molecule has 0 fully saturated rings. The van der Waals surface area contributed by atoms with Crippen molar-refractivity contribution in [1.82, 2.24) is 19.9 Å². The number of nitrogens with one attached hydrogen (secondary N) is 2. The summed E-state index contributed by atoms with van der Waals surface area (Å²) in [5.41, 5.74) is 8.75. The number of rotatable bonds is 0. The first kappa shape index (κ1) is 19.2. The van der Waals surface area contributed by atoms with Gasteiger partial charge in [0.05, 0.1) is 12.1 Å². The maximum atomic E-state index is 5.20. The van der Waals surface area contributed by atoms with Crippen molar-refractivity contribution >= 4 is 76.8 Å². The second kappa shape index (κ2) is 5.67. The van der Waals surface area contributed by atoms with Gasteiger partial charge < -0.3 is 10.6 Å². The highest BCUT2D eigenvalue weighted by Gasteiger charge is 2.34. The Balaban J connectivity index is 1.80. The summed E-state index contributed by atoms with van der Waals surface area (Å²) in [6.45, 7) is 13.0. The number of fused-ring (bicyclic) bond motifs is 1. The molecule has 6 heteroatoms. The summed E-state index contributed by atoms with van der Waals surface area (Å²) in [7, 11) is 0. The van der Waals surface area contributed by atoms with Crippen LogP contribution >= 0.6 is 0 Å². The summed E-state index contributed by atoms with van der Waals surface area (Å²) in [5, 5.41) is 19.9. The first-order chi connectivity index (χ1) is 17.3. The van der Waals surface area contributed by atoms with Crippen molar-refractivity contribution in [3.8, 4) is 0 Å². The largest absolute Gasteiger partial charge is 0.363 e. The second-order valence-corrected chi connectivity index (χ2v) is 10.9. The summed E-state index contributed by atoms with van der Waals surface area (Å²) < 4.78 is 0. The second-order valence-electron chi connectivity index (χ2n) is 10.9. The predicted octanol–water partition coefficient (Wildman–Crippen LogP) is 7.27. The van der Waals surface area contributed by atoms with Gasteiger partial charge in [0.2, 0.25) is 0 Å². The van der Waals surface area contributed by atoms with Gasteiger partial charge in [-0.25, -0.2) is 19.9 Å². The fourth-order valence-electron chi connectivity index (χ4n) is 7.29. The highest BCUT2D eigenvalue weighted by atomic mass is 15.1. The van der Waals surface area contributed by atoms with Gasteiger partial charge in [0, 0.05) is 43.7 Å². The molecule has 4 aromatic heterocycles. The molecule has 0 spiro atoms. The lowest BCUT2D eigenvalue weighted by Gasteiger charge is -2.33. The molecule has 2 aliphatic heterocycles. The van der Waals surface area contributed by atoms with Gasteiger partial charge >= 0.3 is 0 Å². The molecule has 2 unspecified atom stereocenters. The third kappa shape index (κ3) is 1.83. The molecule has 0 saturated carbocycles. The van der Waals surface area contributed by atoms with Gasteiger partial charge in [-0.2, -0.15) is 0 Å². The molecule has 0 bridgehead atoms. The monoisotopic (exact) mass is 468 g/mol. The van der Waals surface area contributed by atoms with Crippen LogP contribution in [0.4, 0.5) is 11.6 Å². The van der Waals surface area contributed by atoms with Crippen LogP contribution in [-0.2, 0) is 0 Å². The Bertz CT molecular complexity index is 2020. The Labute approximate surface area is 206 Å². The molecule has 6 nitrogen and oxygen atoms in total. The first-order valence-corrected chi connectivity index (χ1v) is 12.8. The van der Waals surface area contributed by atoms with Crippen LogP contribution in [0, 0.1) is 27.7 Å². The molecule has 7 aromatic rings. The summed E-state index contributed by atoms with van der Waals surface area (Å²) >= 11 is 0. The average molecular weight is 469 g/mol. The zero-order valence-corrected chi connectivity index (χ0v) is 21.1. The molecule has 174 valence electrons. The third-order valence-corrected chi connectivity index (χ3v) is 9.15. The zero-order valence-electron chi connectivity index (χ0n) is 21.1. The van der Waals surface area contributed by atoms with E-state index in [2.05, 4.69) is 64.3 Å². The molecule has 0 amide bonds. The SMILES string of the molecule is Cc1nc2nc3c4c5c(ccc6c5c5c(nc7nc(C)c(C)c8c(c1C)c2c4c5c78)NC6C)C(C)N3. The highest BCUT2D eigenvalue weighted by molar-refractivity contribution is 6.47. The van der Waals surface area contributed by atoms with Crippen molar-refractivity contribution in [2.75, 3.05) is 10.6 Å². The van der Waals surface area contributed by atoms with Gasteiger partial charge in [-0.15, -0.1) is 0 Å². The van der Waals surface area contributed by atoms with Crippen LogP contribution in [0.15, 0.2) is 12.1 Å². The van der Waals surface area contributed by atoms with Crippen LogP contribution in [0.2, 0.25) is 0 Å². The minimum absolute atomic E-state index is 0.162. The van der Waals surface area contributed by atoms with Crippen molar-refractivity contribution in [2.24, 2.45) is 0 Å². The maximum Gasteiger partial charge on any atom is 0.163 e. The summed E-state index contributed by atoms with van der Waals surface area (Å²) in [5.74, 6) is 1.88. The summed E-state index contributed by atoms with van der Waals surface area (Å²) in [6.07, 6.45) is 0. The van der Waals surface area contributed by atoms with E-state index in [-0.39, 0.29) is 12.1 Å². The van der Waals surface area contributed by atoms with Gasteiger partial charge in [-0.05, 0) is 85.3 Å². The fraction of sp³-hybridized carbons (Fsp3) is 0.267. The molecule has 0 radical (unpaired) electrons. The number of anilines is 2. The van der Waals surface area contributed by atoms with Crippen molar-refractivity contribution in [2.45, 2.75) is 53.6 Å². The van der Waals surface area contributed by atoms with E-state index < -0.39 is 0 Å². The Morgan fingerprint density at radius 2 is 0.917 bits per heavy atom.